The quantitative estimate of drug-likeness (QED) is 0.674. The van der Waals surface area contributed by atoms with Crippen LogP contribution in [0.25, 0.3) is 5.69 Å². The van der Waals surface area contributed by atoms with Gasteiger partial charge in [0.25, 0.3) is 5.91 Å². The van der Waals surface area contributed by atoms with E-state index >= 15 is 0 Å². The Bertz CT molecular complexity index is 1060. The zero-order chi connectivity index (χ0) is 19.8. The molecule has 1 aromatic heterocycles. The molecule has 1 aliphatic heterocycles. The van der Waals surface area contributed by atoms with E-state index in [4.69, 9.17) is 10.5 Å². The molecule has 2 aromatic carbocycles. The average molecular weight is 378 g/mol. The molecule has 142 valence electrons. The number of carboxylic acids is 1. The number of fused-ring (bicyclic) bond motifs is 1. The molecule has 1 amide bonds. The summed E-state index contributed by atoms with van der Waals surface area (Å²) in [4.78, 5) is 26.6. The van der Waals surface area contributed by atoms with Crippen LogP contribution < -0.4 is 15.4 Å². The van der Waals surface area contributed by atoms with Crippen LogP contribution in [0.4, 0.5) is 11.4 Å². The van der Waals surface area contributed by atoms with Gasteiger partial charge in [0.2, 0.25) is 0 Å². The third-order valence-electron chi connectivity index (χ3n) is 4.74. The number of anilines is 2. The number of nitrogens with two attached hydrogens (primary N) is 1. The molecule has 0 saturated heterocycles. The van der Waals surface area contributed by atoms with Gasteiger partial charge in [-0.3, -0.25) is 4.79 Å². The molecule has 3 N–H and O–H groups in total. The van der Waals surface area contributed by atoms with E-state index in [0.29, 0.717) is 41.3 Å². The van der Waals surface area contributed by atoms with E-state index in [0.717, 1.165) is 0 Å². The first kappa shape index (κ1) is 17.6. The van der Waals surface area contributed by atoms with E-state index in [1.165, 1.54) is 4.68 Å². The number of nitrogens with zero attached hydrogens (tertiary/aromatic N) is 3. The summed E-state index contributed by atoms with van der Waals surface area (Å²) in [6.45, 7) is 0.365. The first-order valence-corrected chi connectivity index (χ1v) is 8.66. The fourth-order valence-corrected chi connectivity index (χ4v) is 3.34. The Morgan fingerprint density at radius 1 is 1.11 bits per heavy atom. The third-order valence-corrected chi connectivity index (χ3v) is 4.74. The largest absolute Gasteiger partial charge is 0.497 e. The molecule has 0 unspecified atom stereocenters. The molecule has 3 aromatic rings. The number of carbonyl (C=O) groups is 2. The minimum Gasteiger partial charge on any atom is -0.497 e. The lowest BCUT2D eigenvalue weighted by Gasteiger charge is -2.27. The predicted octanol–water partition coefficient (Wildman–Crippen LogP) is 2.36. The summed E-state index contributed by atoms with van der Waals surface area (Å²) in [5.41, 5.74) is 8.21. The predicted molar refractivity (Wildman–Crippen MR) is 103 cm³/mol. The number of ether oxygens (including phenoxy) is 1. The maximum Gasteiger partial charge on any atom is 0.356 e. The Balaban J connectivity index is 1.83. The Morgan fingerprint density at radius 3 is 2.36 bits per heavy atom. The molecule has 0 saturated carbocycles. The molecule has 0 atom stereocenters. The van der Waals surface area contributed by atoms with E-state index in [-0.39, 0.29) is 17.3 Å². The molecular formula is C20H18N4O4. The summed E-state index contributed by atoms with van der Waals surface area (Å²) in [5.74, 6) is -0.808. The van der Waals surface area contributed by atoms with Crippen molar-refractivity contribution >= 4 is 23.3 Å². The van der Waals surface area contributed by atoms with Gasteiger partial charge in [0.1, 0.15) is 11.4 Å². The van der Waals surface area contributed by atoms with Crippen LogP contribution in [0, 0.1) is 0 Å². The van der Waals surface area contributed by atoms with Crippen molar-refractivity contribution < 1.29 is 19.4 Å². The van der Waals surface area contributed by atoms with Crippen LogP contribution in [0.3, 0.4) is 0 Å². The summed E-state index contributed by atoms with van der Waals surface area (Å²) < 4.78 is 6.55. The fourth-order valence-electron chi connectivity index (χ4n) is 3.34. The first-order chi connectivity index (χ1) is 13.5. The molecule has 0 spiro atoms. The zero-order valence-corrected chi connectivity index (χ0v) is 15.1. The van der Waals surface area contributed by atoms with Crippen LogP contribution in [0.15, 0.2) is 48.5 Å². The summed E-state index contributed by atoms with van der Waals surface area (Å²) in [6, 6.07) is 13.9. The summed E-state index contributed by atoms with van der Waals surface area (Å²) in [7, 11) is 1.56. The number of methoxy groups -OCH3 is 1. The Hall–Kier alpha value is -3.81. The highest BCUT2D eigenvalue weighted by atomic mass is 16.5. The Kier molecular flexibility index (Phi) is 4.23. The lowest BCUT2D eigenvalue weighted by Crippen LogP contribution is -2.39. The van der Waals surface area contributed by atoms with Crippen LogP contribution in [-0.2, 0) is 6.42 Å². The van der Waals surface area contributed by atoms with Gasteiger partial charge in [-0.15, -0.1) is 0 Å². The van der Waals surface area contributed by atoms with Gasteiger partial charge in [0.15, 0.2) is 5.69 Å². The van der Waals surface area contributed by atoms with Crippen LogP contribution in [0.1, 0.15) is 26.5 Å². The molecule has 0 radical (unpaired) electrons. The van der Waals surface area contributed by atoms with Crippen molar-refractivity contribution in [3.05, 3.63) is 65.5 Å². The molecule has 4 rings (SSSR count). The van der Waals surface area contributed by atoms with Gasteiger partial charge >= 0.3 is 5.97 Å². The van der Waals surface area contributed by atoms with E-state index in [1.807, 2.05) is 0 Å². The standard InChI is InChI=1S/C20H18N4O4/c1-28-15-8-6-14(7-9-15)24-18-16(17(22-24)20(26)27)10-11-23(19(18)25)13-4-2-12(21)3-5-13/h2-9H,10-11,21H2,1H3,(H,26,27). The minimum absolute atomic E-state index is 0.101. The fraction of sp³-hybridized carbons (Fsp3) is 0.150. The van der Waals surface area contributed by atoms with Gasteiger partial charge in [0, 0.05) is 23.5 Å². The van der Waals surface area contributed by atoms with Crippen molar-refractivity contribution in [3.8, 4) is 11.4 Å². The number of rotatable bonds is 4. The lowest BCUT2D eigenvalue weighted by atomic mass is 10.0. The van der Waals surface area contributed by atoms with Crippen LogP contribution in [0.5, 0.6) is 5.75 Å². The van der Waals surface area contributed by atoms with Gasteiger partial charge in [0.05, 0.1) is 12.8 Å². The van der Waals surface area contributed by atoms with Crippen molar-refractivity contribution in [2.75, 3.05) is 24.3 Å². The number of aromatic carboxylic acids is 1. The van der Waals surface area contributed by atoms with Crippen molar-refractivity contribution in [1.82, 2.24) is 9.78 Å². The number of benzene rings is 2. The first-order valence-electron chi connectivity index (χ1n) is 8.66. The number of hydrogen-bond acceptors (Lipinski definition) is 5. The van der Waals surface area contributed by atoms with Gasteiger partial charge in [-0.05, 0) is 55.0 Å². The molecule has 28 heavy (non-hydrogen) atoms. The van der Waals surface area contributed by atoms with E-state index in [1.54, 1.807) is 60.5 Å². The Morgan fingerprint density at radius 2 is 1.75 bits per heavy atom. The second-order valence-corrected chi connectivity index (χ2v) is 6.39. The zero-order valence-electron chi connectivity index (χ0n) is 15.1. The maximum absolute atomic E-state index is 13.3. The average Bonchev–Trinajstić information content (AvgIpc) is 3.10. The molecular weight excluding hydrogens is 360 g/mol. The molecule has 0 aliphatic carbocycles. The SMILES string of the molecule is COc1ccc(-n2nc(C(=O)O)c3c2C(=O)N(c2ccc(N)cc2)CC3)cc1. The molecule has 8 heteroatoms. The second-order valence-electron chi connectivity index (χ2n) is 6.39. The number of amides is 1. The molecule has 8 nitrogen and oxygen atoms in total. The second kappa shape index (κ2) is 6.73. The topological polar surface area (TPSA) is 111 Å². The highest BCUT2D eigenvalue weighted by Gasteiger charge is 2.35. The molecule has 0 bridgehead atoms. The van der Waals surface area contributed by atoms with E-state index in [9.17, 15) is 14.7 Å². The Labute approximate surface area is 160 Å². The highest BCUT2D eigenvalue weighted by molar-refractivity contribution is 6.09. The van der Waals surface area contributed by atoms with Crippen molar-refractivity contribution in [1.29, 1.82) is 0 Å². The molecule has 2 heterocycles. The van der Waals surface area contributed by atoms with Crippen molar-refractivity contribution in [2.45, 2.75) is 6.42 Å². The van der Waals surface area contributed by atoms with Gasteiger partial charge in [-0.25, -0.2) is 9.48 Å². The molecule has 1 aliphatic rings. The van der Waals surface area contributed by atoms with E-state index in [2.05, 4.69) is 5.10 Å². The number of carbonyl (C=O) groups excluding carboxylic acids is 1. The minimum atomic E-state index is -1.16. The number of nitrogen functional groups attached to an aromatic ring is 1. The van der Waals surface area contributed by atoms with Crippen molar-refractivity contribution in [3.63, 3.8) is 0 Å². The normalized spacial score (nSPS) is 13.3. The van der Waals surface area contributed by atoms with Gasteiger partial charge < -0.3 is 20.5 Å². The summed E-state index contributed by atoms with van der Waals surface area (Å²) in [5, 5.41) is 13.8. The molecule has 0 fully saturated rings. The van der Waals surface area contributed by atoms with Crippen LogP contribution in [-0.4, -0.2) is 40.4 Å². The summed E-state index contributed by atoms with van der Waals surface area (Å²) >= 11 is 0. The third kappa shape index (κ3) is 2.84. The number of hydrogen-bond donors (Lipinski definition) is 2. The summed E-state index contributed by atoms with van der Waals surface area (Å²) in [6.07, 6.45) is 0.392. The van der Waals surface area contributed by atoms with Gasteiger partial charge in [-0.2, -0.15) is 5.10 Å². The van der Waals surface area contributed by atoms with Crippen LogP contribution in [0.2, 0.25) is 0 Å². The lowest BCUT2D eigenvalue weighted by molar-refractivity contribution is 0.0688. The van der Waals surface area contributed by atoms with Crippen LogP contribution >= 0.6 is 0 Å². The monoisotopic (exact) mass is 378 g/mol. The van der Waals surface area contributed by atoms with Gasteiger partial charge in [-0.1, -0.05) is 0 Å². The highest BCUT2D eigenvalue weighted by Crippen LogP contribution is 2.29. The smallest absolute Gasteiger partial charge is 0.356 e. The van der Waals surface area contributed by atoms with Crippen molar-refractivity contribution in [2.24, 2.45) is 0 Å². The maximum atomic E-state index is 13.3. The van der Waals surface area contributed by atoms with E-state index < -0.39 is 5.97 Å². The number of carboxylic acid groups (broad SMARTS) is 1. The number of aromatic nitrogens is 2.